The molecule has 0 saturated carbocycles. The summed E-state index contributed by atoms with van der Waals surface area (Å²) in [6.45, 7) is 4.38. The zero-order valence-corrected chi connectivity index (χ0v) is 13.4. The Balaban J connectivity index is 0.00000176. The van der Waals surface area contributed by atoms with E-state index in [2.05, 4.69) is 27.7 Å². The molecule has 118 valence electrons. The molecule has 3 rings (SSSR count). The summed E-state index contributed by atoms with van der Waals surface area (Å²) in [5, 5.41) is 8.64. The summed E-state index contributed by atoms with van der Waals surface area (Å²) < 4.78 is 0. The third kappa shape index (κ3) is 4.19. The number of carbonyl (C=O) groups excluding carboxylic acids is 1. The molecule has 2 N–H and O–H groups in total. The van der Waals surface area contributed by atoms with E-state index in [1.54, 1.807) is 0 Å². The van der Waals surface area contributed by atoms with Gasteiger partial charge in [0, 0.05) is 24.2 Å². The second-order valence-corrected chi connectivity index (χ2v) is 5.45. The smallest absolute Gasteiger partial charge is 0.238 e. The van der Waals surface area contributed by atoms with E-state index in [0.29, 0.717) is 6.54 Å². The van der Waals surface area contributed by atoms with Gasteiger partial charge in [0.1, 0.15) is 0 Å². The van der Waals surface area contributed by atoms with Crippen molar-refractivity contribution in [2.24, 2.45) is 0 Å². The van der Waals surface area contributed by atoms with Crippen molar-refractivity contribution in [1.29, 1.82) is 0 Å². The summed E-state index contributed by atoms with van der Waals surface area (Å²) in [4.78, 5) is 14.5. The van der Waals surface area contributed by atoms with Crippen molar-refractivity contribution in [3.63, 3.8) is 0 Å². The molecule has 0 radical (unpaired) electrons. The molecule has 4 nitrogen and oxygen atoms in total. The van der Waals surface area contributed by atoms with Gasteiger partial charge in [0.05, 0.1) is 6.54 Å². The molecule has 0 atom stereocenters. The Kier molecular flexibility index (Phi) is 6.19. The molecule has 5 heteroatoms. The van der Waals surface area contributed by atoms with Crippen LogP contribution in [0.15, 0.2) is 42.5 Å². The molecule has 1 fully saturated rings. The van der Waals surface area contributed by atoms with Crippen LogP contribution >= 0.6 is 12.4 Å². The van der Waals surface area contributed by atoms with Crippen LogP contribution in [-0.4, -0.2) is 43.5 Å². The SMILES string of the molecule is Cl.O=C(CN1CCCNCC1)Nc1cccc2ccccc12. The number of anilines is 1. The highest BCUT2D eigenvalue weighted by Crippen LogP contribution is 2.22. The van der Waals surface area contributed by atoms with E-state index in [9.17, 15) is 4.79 Å². The number of fused-ring (bicyclic) bond motifs is 1. The average molecular weight is 320 g/mol. The topological polar surface area (TPSA) is 44.4 Å². The number of halogens is 1. The molecule has 1 heterocycles. The Morgan fingerprint density at radius 3 is 2.82 bits per heavy atom. The van der Waals surface area contributed by atoms with E-state index >= 15 is 0 Å². The van der Waals surface area contributed by atoms with Crippen molar-refractivity contribution in [2.75, 3.05) is 38.0 Å². The molecule has 1 amide bonds. The molecule has 0 aromatic heterocycles. The van der Waals surface area contributed by atoms with Gasteiger partial charge in [0.2, 0.25) is 5.91 Å². The molecular formula is C17H22ClN3O. The molecule has 2 aromatic carbocycles. The van der Waals surface area contributed by atoms with Crippen molar-refractivity contribution < 1.29 is 4.79 Å². The first-order valence-electron chi connectivity index (χ1n) is 7.53. The van der Waals surface area contributed by atoms with Crippen molar-refractivity contribution in [3.05, 3.63) is 42.5 Å². The van der Waals surface area contributed by atoms with Gasteiger partial charge in [-0.15, -0.1) is 12.4 Å². The highest BCUT2D eigenvalue weighted by molar-refractivity contribution is 6.02. The van der Waals surface area contributed by atoms with Crippen LogP contribution in [0.2, 0.25) is 0 Å². The first-order valence-corrected chi connectivity index (χ1v) is 7.53. The van der Waals surface area contributed by atoms with Gasteiger partial charge in [-0.05, 0) is 31.0 Å². The molecule has 0 bridgehead atoms. The van der Waals surface area contributed by atoms with Crippen molar-refractivity contribution in [1.82, 2.24) is 10.2 Å². The normalized spacial score (nSPS) is 15.8. The fourth-order valence-electron chi connectivity index (χ4n) is 2.79. The molecule has 22 heavy (non-hydrogen) atoms. The fraction of sp³-hybridized carbons (Fsp3) is 0.353. The average Bonchev–Trinajstić information content (AvgIpc) is 2.76. The first-order chi connectivity index (χ1) is 10.3. The van der Waals surface area contributed by atoms with E-state index < -0.39 is 0 Å². The molecule has 0 aliphatic carbocycles. The van der Waals surface area contributed by atoms with Crippen LogP contribution in [-0.2, 0) is 4.79 Å². The summed E-state index contributed by atoms with van der Waals surface area (Å²) in [5.74, 6) is 0.0632. The van der Waals surface area contributed by atoms with Crippen molar-refractivity contribution >= 4 is 34.8 Å². The Labute approximate surface area is 137 Å². The predicted molar refractivity (Wildman–Crippen MR) is 93.8 cm³/mol. The lowest BCUT2D eigenvalue weighted by atomic mass is 10.1. The summed E-state index contributed by atoms with van der Waals surface area (Å²) in [6, 6.07) is 14.1. The quantitative estimate of drug-likeness (QED) is 0.913. The van der Waals surface area contributed by atoms with E-state index in [1.165, 1.54) is 0 Å². The Morgan fingerprint density at radius 2 is 1.91 bits per heavy atom. The predicted octanol–water partition coefficient (Wildman–Crippen LogP) is 2.50. The maximum Gasteiger partial charge on any atom is 0.238 e. The number of amides is 1. The summed E-state index contributed by atoms with van der Waals surface area (Å²) in [7, 11) is 0. The van der Waals surface area contributed by atoms with Crippen LogP contribution in [0.4, 0.5) is 5.69 Å². The number of nitrogens with zero attached hydrogens (tertiary/aromatic N) is 1. The summed E-state index contributed by atoms with van der Waals surface area (Å²) in [6.07, 6.45) is 1.10. The minimum Gasteiger partial charge on any atom is -0.324 e. The lowest BCUT2D eigenvalue weighted by Crippen LogP contribution is -2.35. The zero-order chi connectivity index (χ0) is 14.5. The highest BCUT2D eigenvalue weighted by Gasteiger charge is 2.13. The number of hydrogen-bond acceptors (Lipinski definition) is 3. The van der Waals surface area contributed by atoms with Gasteiger partial charge in [-0.2, -0.15) is 0 Å². The van der Waals surface area contributed by atoms with E-state index in [4.69, 9.17) is 0 Å². The lowest BCUT2D eigenvalue weighted by Gasteiger charge is -2.19. The van der Waals surface area contributed by atoms with Gasteiger partial charge in [-0.3, -0.25) is 9.69 Å². The van der Waals surface area contributed by atoms with Crippen LogP contribution in [0.25, 0.3) is 10.8 Å². The molecule has 0 unspecified atom stereocenters. The minimum atomic E-state index is 0. The second-order valence-electron chi connectivity index (χ2n) is 5.45. The van der Waals surface area contributed by atoms with E-state index in [0.717, 1.165) is 49.1 Å². The number of nitrogens with one attached hydrogen (secondary N) is 2. The Hall–Kier alpha value is -1.62. The maximum absolute atomic E-state index is 12.3. The number of hydrogen-bond donors (Lipinski definition) is 2. The molecule has 1 saturated heterocycles. The van der Waals surface area contributed by atoms with Gasteiger partial charge >= 0.3 is 0 Å². The lowest BCUT2D eigenvalue weighted by molar-refractivity contribution is -0.117. The van der Waals surface area contributed by atoms with E-state index in [-0.39, 0.29) is 18.3 Å². The minimum absolute atomic E-state index is 0. The van der Waals surface area contributed by atoms with Crippen LogP contribution < -0.4 is 10.6 Å². The monoisotopic (exact) mass is 319 g/mol. The molecule has 1 aliphatic rings. The van der Waals surface area contributed by atoms with Crippen LogP contribution in [0.5, 0.6) is 0 Å². The number of benzene rings is 2. The number of carbonyl (C=O) groups is 1. The largest absolute Gasteiger partial charge is 0.324 e. The Morgan fingerprint density at radius 1 is 1.09 bits per heavy atom. The van der Waals surface area contributed by atoms with Gasteiger partial charge in [0.15, 0.2) is 0 Å². The second kappa shape index (κ2) is 8.13. The standard InChI is InChI=1S/C17H21N3O.ClH/c21-17(13-20-11-4-9-18-10-12-20)19-16-8-3-6-14-5-1-2-7-15(14)16;/h1-3,5-8,18H,4,9-13H2,(H,19,21);1H. The maximum atomic E-state index is 12.3. The molecule has 2 aromatic rings. The fourth-order valence-corrected chi connectivity index (χ4v) is 2.79. The molecule has 1 aliphatic heterocycles. The summed E-state index contributed by atoms with van der Waals surface area (Å²) >= 11 is 0. The Bertz CT molecular complexity index is 619. The summed E-state index contributed by atoms with van der Waals surface area (Å²) in [5.41, 5.74) is 0.894. The van der Waals surface area contributed by atoms with Gasteiger partial charge in [-0.1, -0.05) is 36.4 Å². The number of rotatable bonds is 3. The van der Waals surface area contributed by atoms with Gasteiger partial charge in [0.25, 0.3) is 0 Å². The molecular weight excluding hydrogens is 298 g/mol. The van der Waals surface area contributed by atoms with Crippen LogP contribution in [0.1, 0.15) is 6.42 Å². The van der Waals surface area contributed by atoms with Crippen molar-refractivity contribution in [2.45, 2.75) is 6.42 Å². The highest BCUT2D eigenvalue weighted by atomic mass is 35.5. The third-order valence-electron chi connectivity index (χ3n) is 3.86. The third-order valence-corrected chi connectivity index (χ3v) is 3.86. The van der Waals surface area contributed by atoms with Crippen LogP contribution in [0.3, 0.4) is 0 Å². The van der Waals surface area contributed by atoms with Gasteiger partial charge in [-0.25, -0.2) is 0 Å². The first kappa shape index (κ1) is 16.7. The zero-order valence-electron chi connectivity index (χ0n) is 12.5. The van der Waals surface area contributed by atoms with Gasteiger partial charge < -0.3 is 10.6 Å². The van der Waals surface area contributed by atoms with Crippen LogP contribution in [0, 0.1) is 0 Å². The molecule has 0 spiro atoms. The van der Waals surface area contributed by atoms with Crippen molar-refractivity contribution in [3.8, 4) is 0 Å². The van der Waals surface area contributed by atoms with E-state index in [1.807, 2.05) is 30.3 Å².